The van der Waals surface area contributed by atoms with Gasteiger partial charge in [0.15, 0.2) is 17.5 Å². The van der Waals surface area contributed by atoms with Crippen molar-refractivity contribution >= 4 is 21.9 Å². The highest BCUT2D eigenvalue weighted by Gasteiger charge is 2.15. The molecule has 0 saturated carbocycles. The van der Waals surface area contributed by atoms with Gasteiger partial charge in [-0.1, -0.05) is 109 Å². The summed E-state index contributed by atoms with van der Waals surface area (Å²) in [6.45, 7) is 2.10. The fraction of sp³-hybridized carbons (Fsp3) is 0.0294. The summed E-state index contributed by atoms with van der Waals surface area (Å²) in [7, 11) is 0. The minimum absolute atomic E-state index is 0.631. The van der Waals surface area contributed by atoms with Gasteiger partial charge in [0.2, 0.25) is 0 Å². The molecular formula is C34H23N3O. The molecule has 0 unspecified atom stereocenters. The van der Waals surface area contributed by atoms with Crippen LogP contribution < -0.4 is 0 Å². The maximum atomic E-state index is 6.35. The van der Waals surface area contributed by atoms with E-state index < -0.39 is 0 Å². The van der Waals surface area contributed by atoms with E-state index in [0.717, 1.165) is 49.8 Å². The monoisotopic (exact) mass is 489 g/mol. The molecule has 2 aromatic heterocycles. The molecule has 4 heteroatoms. The first-order valence-electron chi connectivity index (χ1n) is 12.6. The molecule has 38 heavy (non-hydrogen) atoms. The molecule has 7 aromatic rings. The highest BCUT2D eigenvalue weighted by atomic mass is 16.3. The molecule has 5 aromatic carbocycles. The van der Waals surface area contributed by atoms with Gasteiger partial charge in [0.05, 0.1) is 0 Å². The predicted molar refractivity (Wildman–Crippen MR) is 154 cm³/mol. The van der Waals surface area contributed by atoms with Crippen LogP contribution >= 0.6 is 0 Å². The average molecular weight is 490 g/mol. The fourth-order valence-corrected chi connectivity index (χ4v) is 4.90. The summed E-state index contributed by atoms with van der Waals surface area (Å²) in [5.41, 5.74) is 7.90. The Labute approximate surface area is 220 Å². The van der Waals surface area contributed by atoms with E-state index in [1.54, 1.807) is 0 Å². The lowest BCUT2D eigenvalue weighted by Crippen LogP contribution is -2.00. The number of hydrogen-bond donors (Lipinski definition) is 0. The number of aromatic nitrogens is 3. The van der Waals surface area contributed by atoms with Gasteiger partial charge in [0, 0.05) is 33.0 Å². The van der Waals surface area contributed by atoms with Gasteiger partial charge in [-0.3, -0.25) is 0 Å². The molecule has 2 heterocycles. The zero-order valence-corrected chi connectivity index (χ0v) is 20.8. The third kappa shape index (κ3) is 3.93. The van der Waals surface area contributed by atoms with E-state index in [1.165, 1.54) is 5.56 Å². The molecule has 0 N–H and O–H groups in total. The first-order chi connectivity index (χ1) is 18.7. The van der Waals surface area contributed by atoms with Gasteiger partial charge < -0.3 is 4.42 Å². The lowest BCUT2D eigenvalue weighted by molar-refractivity contribution is 0.670. The van der Waals surface area contributed by atoms with Crippen molar-refractivity contribution in [2.24, 2.45) is 0 Å². The third-order valence-corrected chi connectivity index (χ3v) is 6.78. The summed E-state index contributed by atoms with van der Waals surface area (Å²) in [5, 5.41) is 2.25. The SMILES string of the molecule is Cc1ccc2oc3c(-c4cccc(-c5nc(-c6ccccc6)nc(-c6ccccc6)n5)c4)cccc3c2c1. The fourth-order valence-electron chi connectivity index (χ4n) is 4.90. The first-order valence-corrected chi connectivity index (χ1v) is 12.6. The highest BCUT2D eigenvalue weighted by Crippen LogP contribution is 2.37. The standard InChI is InChI=1S/C34H23N3O/c1-22-18-19-30-29(20-22)28-17-9-16-27(31(28)38-30)25-14-8-15-26(21-25)34-36-32(23-10-4-2-5-11-23)35-33(37-34)24-12-6-3-7-13-24/h2-21H,1H3. The Morgan fingerprint density at radius 2 is 1.05 bits per heavy atom. The first kappa shape index (κ1) is 22.1. The van der Waals surface area contributed by atoms with E-state index in [1.807, 2.05) is 78.9 Å². The third-order valence-electron chi connectivity index (χ3n) is 6.78. The van der Waals surface area contributed by atoms with E-state index in [2.05, 4.69) is 49.4 Å². The maximum Gasteiger partial charge on any atom is 0.164 e. The van der Waals surface area contributed by atoms with E-state index in [4.69, 9.17) is 19.4 Å². The normalized spacial score (nSPS) is 11.3. The molecule has 0 radical (unpaired) electrons. The summed E-state index contributed by atoms with van der Waals surface area (Å²) in [6.07, 6.45) is 0. The van der Waals surface area contributed by atoms with Crippen LogP contribution in [-0.4, -0.2) is 15.0 Å². The zero-order valence-electron chi connectivity index (χ0n) is 20.8. The number of benzene rings is 5. The number of nitrogens with zero attached hydrogens (tertiary/aromatic N) is 3. The number of para-hydroxylation sites is 1. The zero-order chi connectivity index (χ0) is 25.5. The number of furan rings is 1. The van der Waals surface area contributed by atoms with E-state index in [9.17, 15) is 0 Å². The topological polar surface area (TPSA) is 51.8 Å². The minimum Gasteiger partial charge on any atom is -0.455 e. The molecule has 7 rings (SSSR count). The van der Waals surface area contributed by atoms with Crippen LogP contribution in [0.4, 0.5) is 0 Å². The van der Waals surface area contributed by atoms with Crippen molar-refractivity contribution < 1.29 is 4.42 Å². The quantitative estimate of drug-likeness (QED) is 0.248. The molecule has 0 bridgehead atoms. The number of fused-ring (bicyclic) bond motifs is 3. The molecule has 0 aliphatic rings. The van der Waals surface area contributed by atoms with Gasteiger partial charge in [-0.25, -0.2) is 15.0 Å². The summed E-state index contributed by atoms with van der Waals surface area (Å²) in [6, 6.07) is 41.0. The van der Waals surface area contributed by atoms with Crippen LogP contribution in [0.2, 0.25) is 0 Å². The van der Waals surface area contributed by atoms with E-state index in [-0.39, 0.29) is 0 Å². The van der Waals surface area contributed by atoms with Gasteiger partial charge in [0.1, 0.15) is 11.2 Å². The summed E-state index contributed by atoms with van der Waals surface area (Å²) in [4.78, 5) is 14.6. The van der Waals surface area contributed by atoms with Gasteiger partial charge in [-0.15, -0.1) is 0 Å². The summed E-state index contributed by atoms with van der Waals surface area (Å²) in [5.74, 6) is 1.93. The van der Waals surface area contributed by atoms with Crippen molar-refractivity contribution in [1.82, 2.24) is 15.0 Å². The average Bonchev–Trinajstić information content (AvgIpc) is 3.36. The molecule has 0 spiro atoms. The van der Waals surface area contributed by atoms with Crippen molar-refractivity contribution in [2.75, 3.05) is 0 Å². The lowest BCUT2D eigenvalue weighted by Gasteiger charge is -2.10. The van der Waals surface area contributed by atoms with Crippen molar-refractivity contribution in [1.29, 1.82) is 0 Å². The summed E-state index contributed by atoms with van der Waals surface area (Å²) >= 11 is 0. The van der Waals surface area contributed by atoms with E-state index >= 15 is 0 Å². The minimum atomic E-state index is 0.631. The van der Waals surface area contributed by atoms with Crippen molar-refractivity contribution in [2.45, 2.75) is 6.92 Å². The van der Waals surface area contributed by atoms with Crippen LogP contribution in [0.5, 0.6) is 0 Å². The van der Waals surface area contributed by atoms with Crippen LogP contribution in [0.3, 0.4) is 0 Å². The van der Waals surface area contributed by atoms with Crippen LogP contribution in [0.15, 0.2) is 126 Å². The molecule has 0 aliphatic carbocycles. The molecule has 0 atom stereocenters. The van der Waals surface area contributed by atoms with Crippen LogP contribution in [0.1, 0.15) is 5.56 Å². The van der Waals surface area contributed by atoms with Gasteiger partial charge >= 0.3 is 0 Å². The smallest absolute Gasteiger partial charge is 0.164 e. The van der Waals surface area contributed by atoms with Crippen molar-refractivity contribution in [3.8, 4) is 45.3 Å². The molecular weight excluding hydrogens is 466 g/mol. The molecule has 0 aliphatic heterocycles. The molecule has 0 fully saturated rings. The Hall–Kier alpha value is -5.09. The highest BCUT2D eigenvalue weighted by molar-refractivity contribution is 6.09. The summed E-state index contributed by atoms with van der Waals surface area (Å²) < 4.78 is 6.35. The predicted octanol–water partition coefficient (Wildman–Crippen LogP) is 8.75. The van der Waals surface area contributed by atoms with Crippen LogP contribution in [-0.2, 0) is 0 Å². The van der Waals surface area contributed by atoms with Gasteiger partial charge in [-0.05, 0) is 30.7 Å². The largest absolute Gasteiger partial charge is 0.455 e. The second-order valence-corrected chi connectivity index (χ2v) is 9.40. The second-order valence-electron chi connectivity index (χ2n) is 9.40. The molecule has 0 saturated heterocycles. The maximum absolute atomic E-state index is 6.35. The Morgan fingerprint density at radius 1 is 0.474 bits per heavy atom. The Balaban J connectivity index is 1.40. The van der Waals surface area contributed by atoms with Crippen LogP contribution in [0.25, 0.3) is 67.2 Å². The second kappa shape index (κ2) is 9.09. The van der Waals surface area contributed by atoms with E-state index in [0.29, 0.717) is 17.5 Å². The van der Waals surface area contributed by atoms with Gasteiger partial charge in [-0.2, -0.15) is 0 Å². The Kier molecular flexibility index (Phi) is 5.30. The Morgan fingerprint density at radius 3 is 1.74 bits per heavy atom. The Bertz CT molecular complexity index is 1870. The van der Waals surface area contributed by atoms with Crippen LogP contribution in [0, 0.1) is 6.92 Å². The molecule has 180 valence electrons. The van der Waals surface area contributed by atoms with Crippen molar-refractivity contribution in [3.63, 3.8) is 0 Å². The lowest BCUT2D eigenvalue weighted by atomic mass is 10.00. The molecule has 4 nitrogen and oxygen atoms in total. The number of aryl methyl sites for hydroxylation is 1. The number of rotatable bonds is 4. The number of hydrogen-bond acceptors (Lipinski definition) is 4. The molecule has 0 amide bonds. The van der Waals surface area contributed by atoms with Crippen molar-refractivity contribution in [3.05, 3.63) is 127 Å². The van der Waals surface area contributed by atoms with Gasteiger partial charge in [0.25, 0.3) is 0 Å².